The minimum Gasteiger partial charge on any atom is -0.393 e. The number of piperazine rings is 1. The average molecular weight is 343 g/mol. The molecule has 0 saturated carbocycles. The van der Waals surface area contributed by atoms with E-state index in [-0.39, 0.29) is 5.91 Å². The molecule has 5 N–H and O–H groups in total. The summed E-state index contributed by atoms with van der Waals surface area (Å²) in [5, 5.41) is 2.05. The Morgan fingerprint density at radius 3 is 2.68 bits per heavy atom. The standard InChI is InChI=1S/C15H21N9O/c1-23-5-7-24(8-6-23)22-14-12(16)13(18-10-19-14)20-21-15(25)11-3-2-4-17-9-11/h2-4,9-10H,5-8,16H2,1H3,(H,21,25)(H2,18,19,20,22). The lowest BCUT2D eigenvalue weighted by molar-refractivity contribution is 0.0962. The molecule has 10 nitrogen and oxygen atoms in total. The van der Waals surface area contributed by atoms with E-state index in [1.165, 1.54) is 12.5 Å². The molecule has 132 valence electrons. The summed E-state index contributed by atoms with van der Waals surface area (Å²) in [6.45, 7) is 3.65. The Kier molecular flexibility index (Phi) is 5.21. The quantitative estimate of drug-likeness (QED) is 0.546. The lowest BCUT2D eigenvalue weighted by atomic mass is 10.3. The number of nitrogens with two attached hydrogens (primary N) is 1. The molecule has 1 amide bonds. The van der Waals surface area contributed by atoms with Crippen LogP contribution in [0.25, 0.3) is 0 Å². The maximum Gasteiger partial charge on any atom is 0.271 e. The molecule has 2 aromatic rings. The Labute approximate surface area is 145 Å². The molecule has 2 aromatic heterocycles. The van der Waals surface area contributed by atoms with Gasteiger partial charge in [0.25, 0.3) is 5.91 Å². The van der Waals surface area contributed by atoms with Crippen LogP contribution in [0.2, 0.25) is 0 Å². The van der Waals surface area contributed by atoms with Crippen molar-refractivity contribution in [2.45, 2.75) is 0 Å². The van der Waals surface area contributed by atoms with Crippen molar-refractivity contribution in [3.05, 3.63) is 36.4 Å². The third kappa shape index (κ3) is 4.31. The van der Waals surface area contributed by atoms with E-state index in [9.17, 15) is 4.79 Å². The van der Waals surface area contributed by atoms with Crippen LogP contribution in [0, 0.1) is 0 Å². The maximum absolute atomic E-state index is 12.0. The van der Waals surface area contributed by atoms with Gasteiger partial charge in [-0.2, -0.15) is 0 Å². The molecule has 25 heavy (non-hydrogen) atoms. The van der Waals surface area contributed by atoms with E-state index in [0.29, 0.717) is 22.9 Å². The van der Waals surface area contributed by atoms with Gasteiger partial charge in [-0.1, -0.05) is 0 Å². The fourth-order valence-corrected chi connectivity index (χ4v) is 2.34. The molecule has 0 aliphatic carbocycles. The number of nitrogens with zero attached hydrogens (tertiary/aromatic N) is 5. The molecule has 3 rings (SSSR count). The van der Waals surface area contributed by atoms with Crippen molar-refractivity contribution in [3.8, 4) is 0 Å². The van der Waals surface area contributed by atoms with E-state index in [0.717, 1.165) is 26.2 Å². The Hall–Kier alpha value is -2.98. The van der Waals surface area contributed by atoms with Gasteiger partial charge in [-0.3, -0.25) is 20.6 Å². The second-order valence-corrected chi connectivity index (χ2v) is 5.71. The highest BCUT2D eigenvalue weighted by Gasteiger charge is 2.16. The first-order valence-corrected chi connectivity index (χ1v) is 7.90. The van der Waals surface area contributed by atoms with Crippen molar-refractivity contribution >= 4 is 23.2 Å². The van der Waals surface area contributed by atoms with Gasteiger partial charge < -0.3 is 16.1 Å². The van der Waals surface area contributed by atoms with Crippen LogP contribution in [0.5, 0.6) is 0 Å². The van der Waals surface area contributed by atoms with Crippen LogP contribution >= 0.6 is 0 Å². The average Bonchev–Trinajstić information content (AvgIpc) is 2.64. The molecule has 10 heteroatoms. The third-order valence-corrected chi connectivity index (χ3v) is 3.87. The second-order valence-electron chi connectivity index (χ2n) is 5.71. The van der Waals surface area contributed by atoms with Gasteiger partial charge in [0, 0.05) is 38.6 Å². The Morgan fingerprint density at radius 1 is 1.20 bits per heavy atom. The van der Waals surface area contributed by atoms with Gasteiger partial charge in [-0.25, -0.2) is 15.0 Å². The smallest absolute Gasteiger partial charge is 0.271 e. The topological polar surface area (TPSA) is 124 Å². The SMILES string of the molecule is CN1CCN(Nc2ncnc(NNC(=O)c3cccnc3)c2N)CC1. The van der Waals surface area contributed by atoms with E-state index in [1.54, 1.807) is 18.3 Å². The first-order valence-electron chi connectivity index (χ1n) is 7.90. The number of carbonyl (C=O) groups excluding carboxylic acids is 1. The fraction of sp³-hybridized carbons (Fsp3) is 0.333. The summed E-state index contributed by atoms with van der Waals surface area (Å²) in [6.07, 6.45) is 4.46. The third-order valence-electron chi connectivity index (χ3n) is 3.87. The number of hydrazine groups is 2. The van der Waals surface area contributed by atoms with E-state index in [1.807, 2.05) is 0 Å². The molecule has 0 bridgehead atoms. The predicted molar refractivity (Wildman–Crippen MR) is 94.5 cm³/mol. The molecule has 0 radical (unpaired) electrons. The number of nitrogen functional groups attached to an aromatic ring is 1. The number of nitrogens with one attached hydrogen (secondary N) is 3. The van der Waals surface area contributed by atoms with Crippen LogP contribution in [0.1, 0.15) is 10.4 Å². The Morgan fingerprint density at radius 2 is 1.96 bits per heavy atom. The van der Waals surface area contributed by atoms with Crippen molar-refractivity contribution in [1.29, 1.82) is 0 Å². The summed E-state index contributed by atoms with van der Waals surface area (Å²) in [4.78, 5) is 26.4. The summed E-state index contributed by atoms with van der Waals surface area (Å²) in [6, 6.07) is 3.35. The van der Waals surface area contributed by atoms with Crippen molar-refractivity contribution in [1.82, 2.24) is 30.3 Å². The fourth-order valence-electron chi connectivity index (χ4n) is 2.34. The number of hydrogen-bond acceptors (Lipinski definition) is 9. The number of hydrogen-bond donors (Lipinski definition) is 4. The largest absolute Gasteiger partial charge is 0.393 e. The van der Waals surface area contributed by atoms with Crippen molar-refractivity contribution in [2.24, 2.45) is 0 Å². The maximum atomic E-state index is 12.0. The van der Waals surface area contributed by atoms with Gasteiger partial charge in [0.1, 0.15) is 12.0 Å². The monoisotopic (exact) mass is 343 g/mol. The molecule has 3 heterocycles. The molecule has 0 aromatic carbocycles. The highest BCUT2D eigenvalue weighted by atomic mass is 16.2. The first kappa shape index (κ1) is 16.9. The van der Waals surface area contributed by atoms with Gasteiger partial charge in [0.05, 0.1) is 5.56 Å². The molecular formula is C15H21N9O. The van der Waals surface area contributed by atoms with Crippen LogP contribution in [0.4, 0.5) is 17.3 Å². The van der Waals surface area contributed by atoms with Crippen LogP contribution < -0.4 is 22.0 Å². The molecular weight excluding hydrogens is 322 g/mol. The van der Waals surface area contributed by atoms with Gasteiger partial charge in [0.15, 0.2) is 11.6 Å². The number of anilines is 3. The molecule has 0 atom stereocenters. The predicted octanol–water partition coefficient (Wildman–Crippen LogP) is -0.215. The minimum absolute atomic E-state index is 0.323. The van der Waals surface area contributed by atoms with E-state index in [4.69, 9.17) is 5.73 Å². The molecule has 0 spiro atoms. The van der Waals surface area contributed by atoms with E-state index >= 15 is 0 Å². The highest BCUT2D eigenvalue weighted by molar-refractivity contribution is 5.94. The Bertz CT molecular complexity index is 716. The first-order chi connectivity index (χ1) is 12.1. The van der Waals surface area contributed by atoms with Crippen LogP contribution in [0.15, 0.2) is 30.9 Å². The number of aromatic nitrogens is 3. The zero-order chi connectivity index (χ0) is 17.6. The summed E-state index contributed by atoms with van der Waals surface area (Å²) in [5.74, 6) is 0.487. The van der Waals surface area contributed by atoms with Crippen molar-refractivity contribution in [2.75, 3.05) is 49.8 Å². The number of pyridine rings is 1. The zero-order valence-corrected chi connectivity index (χ0v) is 13.9. The van der Waals surface area contributed by atoms with Crippen molar-refractivity contribution < 1.29 is 4.79 Å². The summed E-state index contributed by atoms with van der Waals surface area (Å²) in [7, 11) is 2.09. The molecule has 1 aliphatic heterocycles. The number of carbonyl (C=O) groups is 1. The van der Waals surface area contributed by atoms with Crippen LogP contribution in [0.3, 0.4) is 0 Å². The van der Waals surface area contributed by atoms with Gasteiger partial charge in [-0.15, -0.1) is 0 Å². The highest BCUT2D eigenvalue weighted by Crippen LogP contribution is 2.22. The minimum atomic E-state index is -0.334. The normalized spacial score (nSPS) is 15.6. The lowest BCUT2D eigenvalue weighted by Gasteiger charge is -2.32. The lowest BCUT2D eigenvalue weighted by Crippen LogP contribution is -2.47. The number of likely N-dealkylation sites (N-methyl/N-ethyl adjacent to an activating group) is 1. The summed E-state index contributed by atoms with van der Waals surface area (Å²) in [5.41, 5.74) is 15.3. The summed E-state index contributed by atoms with van der Waals surface area (Å²) < 4.78 is 0. The molecule has 0 unspecified atom stereocenters. The number of amides is 1. The van der Waals surface area contributed by atoms with Crippen LogP contribution in [-0.2, 0) is 0 Å². The second kappa shape index (κ2) is 7.73. The van der Waals surface area contributed by atoms with Crippen LogP contribution in [-0.4, -0.2) is 64.0 Å². The van der Waals surface area contributed by atoms with E-state index < -0.39 is 0 Å². The van der Waals surface area contributed by atoms with Gasteiger partial charge in [-0.05, 0) is 19.2 Å². The molecule has 1 aliphatic rings. The van der Waals surface area contributed by atoms with E-state index in [2.05, 4.69) is 48.2 Å². The van der Waals surface area contributed by atoms with Crippen molar-refractivity contribution in [3.63, 3.8) is 0 Å². The molecule has 1 saturated heterocycles. The van der Waals surface area contributed by atoms with Gasteiger partial charge in [0.2, 0.25) is 0 Å². The summed E-state index contributed by atoms with van der Waals surface area (Å²) >= 11 is 0. The zero-order valence-electron chi connectivity index (χ0n) is 13.9. The van der Waals surface area contributed by atoms with Gasteiger partial charge >= 0.3 is 0 Å². The Balaban J connectivity index is 1.62. The molecule has 1 fully saturated rings. The number of rotatable bonds is 5.